The Bertz CT molecular complexity index is 2600. The van der Waals surface area contributed by atoms with Gasteiger partial charge in [-0.05, 0) is 115 Å². The molecule has 0 bridgehead atoms. The highest BCUT2D eigenvalue weighted by Crippen LogP contribution is 2.25. The first-order chi connectivity index (χ1) is 43.1. The van der Waals surface area contributed by atoms with Gasteiger partial charge in [0.1, 0.15) is 11.5 Å². The standard InChI is InChI=1S/C61H98N12O16S2/c1-35(2)42(36(3)75)29-52(80)48-18-19-56(84)69-24-20-57(85)68-23-10-7-13-47(53(81)30-43(37(4)76)60(88)71-48)70-58(86)39(11-5-8-21-62)26-51(79)49(25-38-14-16-41(77)17-15-38)73-59(87)40(28-55(66)83)27-50(78)46(12-6-9-22-63)72-61(89)45(65)33-91-90-32-44(64)54(82)31-67-34-74/h14-17,34-35,37,39-40,42-49,76-77H,5-13,18-33,62-65H2,1-4H3,(H2,66,83)(H,67,74)(H,68,85)(H,69,84)(H,70,86)(H,71,88)(H,72,89)(H,73,87)/t37?,39-,40+,42+,43+,44?,45+,46+,47+,48+,49+/m1/s1. The van der Waals surface area contributed by atoms with Gasteiger partial charge in [-0.3, -0.25) is 67.1 Å². The van der Waals surface area contributed by atoms with Gasteiger partial charge in [0, 0.05) is 81.4 Å². The number of aliphatic hydroxyl groups excluding tert-OH is 1. The Morgan fingerprint density at radius 2 is 1.30 bits per heavy atom. The second-order valence-electron chi connectivity index (χ2n) is 23.5. The number of phenols is 1. The van der Waals surface area contributed by atoms with Gasteiger partial charge in [-0.1, -0.05) is 54.0 Å². The van der Waals surface area contributed by atoms with Crippen molar-refractivity contribution in [3.8, 4) is 5.75 Å². The zero-order valence-electron chi connectivity index (χ0n) is 52.8. The van der Waals surface area contributed by atoms with Crippen molar-refractivity contribution in [1.29, 1.82) is 0 Å². The number of ketones is 6. The zero-order chi connectivity index (χ0) is 68.2. The van der Waals surface area contributed by atoms with Crippen molar-refractivity contribution >= 4 is 104 Å². The topological polar surface area (TPSA) is 494 Å². The Morgan fingerprint density at radius 1 is 0.703 bits per heavy atom. The minimum Gasteiger partial charge on any atom is -0.508 e. The van der Waals surface area contributed by atoms with Crippen LogP contribution in [0.1, 0.15) is 142 Å². The summed E-state index contributed by atoms with van der Waals surface area (Å²) in [4.78, 5) is 188. The number of primary amides is 1. The molecule has 510 valence electrons. The van der Waals surface area contributed by atoms with E-state index in [1.807, 2.05) is 0 Å². The van der Waals surface area contributed by atoms with Crippen molar-refractivity contribution in [2.24, 2.45) is 58.3 Å². The predicted octanol–water partition coefficient (Wildman–Crippen LogP) is -1.13. The average molecular weight is 1320 g/mol. The van der Waals surface area contributed by atoms with Crippen molar-refractivity contribution in [3.63, 3.8) is 0 Å². The Morgan fingerprint density at radius 3 is 1.90 bits per heavy atom. The first-order valence-corrected chi connectivity index (χ1v) is 33.6. The largest absolute Gasteiger partial charge is 0.508 e. The third kappa shape index (κ3) is 31.9. The van der Waals surface area contributed by atoms with Crippen molar-refractivity contribution in [1.82, 2.24) is 37.2 Å². The van der Waals surface area contributed by atoms with E-state index in [-0.39, 0.29) is 125 Å². The molecule has 1 aliphatic rings. The molecule has 1 aromatic carbocycles. The SMILES string of the molecule is CC(=O)[C@@H](CC(=O)[C@@H]1CCC(=O)NCCC(=O)NCCCC[C@H](NC(=O)[C@H](CCCCN)CC(=O)[C@H](Cc2ccc(O)cc2)NC(=O)[C@H](CC(N)=O)CC(=O)[C@H](CCCCN)NC(=O)[C@@H](N)CSSCC(N)C(=O)CNC=O)C(=O)C[C@@H](C(C)O)C(=O)N1)C(C)C. The number of carbonyl (C=O) groups is 14. The van der Waals surface area contributed by atoms with Gasteiger partial charge in [-0.15, -0.1) is 0 Å². The number of nitrogens with two attached hydrogens (primary N) is 5. The Labute approximate surface area is 540 Å². The molecule has 0 spiro atoms. The lowest BCUT2D eigenvalue weighted by atomic mass is 9.85. The zero-order valence-corrected chi connectivity index (χ0v) is 54.4. The molecular formula is C61H98N12O16S2. The molecule has 1 saturated heterocycles. The molecule has 8 amide bonds. The van der Waals surface area contributed by atoms with E-state index < -0.39 is 156 Å². The lowest BCUT2D eigenvalue weighted by molar-refractivity contribution is -0.138. The number of aliphatic hydroxyl groups is 1. The number of phenolic OH excluding ortho intramolecular Hbond substituents is 1. The van der Waals surface area contributed by atoms with Gasteiger partial charge in [-0.2, -0.15) is 0 Å². The maximum atomic E-state index is 14.8. The van der Waals surface area contributed by atoms with Gasteiger partial charge in [0.05, 0.1) is 60.7 Å². The molecule has 2 unspecified atom stereocenters. The highest BCUT2D eigenvalue weighted by atomic mass is 33.1. The maximum Gasteiger partial charge on any atom is 0.238 e. The number of benzene rings is 1. The number of amides is 8. The van der Waals surface area contributed by atoms with Crippen LogP contribution in [-0.4, -0.2) is 179 Å². The summed E-state index contributed by atoms with van der Waals surface area (Å²) in [7, 11) is 2.31. The normalized spacial score (nSPS) is 19.1. The molecule has 19 N–H and O–H groups in total. The summed E-state index contributed by atoms with van der Waals surface area (Å²) in [6.45, 7) is 6.46. The van der Waals surface area contributed by atoms with E-state index in [0.29, 0.717) is 44.1 Å². The smallest absolute Gasteiger partial charge is 0.238 e. The molecule has 1 aliphatic heterocycles. The first-order valence-electron chi connectivity index (χ1n) is 31.1. The molecule has 0 radical (unpaired) electrons. The lowest BCUT2D eigenvalue weighted by Crippen LogP contribution is -2.51. The summed E-state index contributed by atoms with van der Waals surface area (Å²) in [6, 6.07) is -1.71. The van der Waals surface area contributed by atoms with Gasteiger partial charge in [0.25, 0.3) is 0 Å². The van der Waals surface area contributed by atoms with Gasteiger partial charge in [0.15, 0.2) is 28.9 Å². The maximum absolute atomic E-state index is 14.8. The first kappa shape index (κ1) is 80.4. The van der Waals surface area contributed by atoms with Crippen LogP contribution in [0.3, 0.4) is 0 Å². The minimum atomic E-state index is -1.49. The number of hydrogen-bond donors (Lipinski definition) is 14. The van der Waals surface area contributed by atoms with Gasteiger partial charge >= 0.3 is 0 Å². The highest BCUT2D eigenvalue weighted by Gasteiger charge is 2.37. The number of rotatable bonds is 39. The van der Waals surface area contributed by atoms with E-state index in [2.05, 4.69) is 37.2 Å². The minimum absolute atomic E-state index is 0.0264. The van der Waals surface area contributed by atoms with Crippen LogP contribution in [0.15, 0.2) is 24.3 Å². The summed E-state index contributed by atoms with van der Waals surface area (Å²) in [5.74, 6) is -13.6. The molecule has 1 aromatic rings. The summed E-state index contributed by atoms with van der Waals surface area (Å²) < 4.78 is 0. The van der Waals surface area contributed by atoms with E-state index in [1.165, 1.54) is 48.9 Å². The van der Waals surface area contributed by atoms with Crippen LogP contribution in [0, 0.1) is 29.6 Å². The molecule has 2 rings (SSSR count). The van der Waals surface area contributed by atoms with E-state index in [1.54, 1.807) is 13.8 Å². The average Bonchev–Trinajstić information content (AvgIpc) is 1.49. The fourth-order valence-electron chi connectivity index (χ4n) is 10.0. The molecule has 91 heavy (non-hydrogen) atoms. The van der Waals surface area contributed by atoms with Crippen molar-refractivity contribution in [3.05, 3.63) is 29.8 Å². The number of unbranched alkanes of at least 4 members (excludes halogenated alkanes) is 2. The molecule has 0 aromatic heterocycles. The summed E-state index contributed by atoms with van der Waals surface area (Å²) >= 11 is 0. The highest BCUT2D eigenvalue weighted by molar-refractivity contribution is 8.76. The van der Waals surface area contributed by atoms with E-state index in [9.17, 15) is 77.3 Å². The quantitative estimate of drug-likeness (QED) is 0.0211. The van der Waals surface area contributed by atoms with Crippen LogP contribution in [0.4, 0.5) is 0 Å². The van der Waals surface area contributed by atoms with Gasteiger partial charge in [0.2, 0.25) is 47.8 Å². The molecule has 0 saturated carbocycles. The van der Waals surface area contributed by atoms with Crippen molar-refractivity contribution in [2.45, 2.75) is 186 Å². The van der Waals surface area contributed by atoms with Gasteiger partial charge in [-0.25, -0.2) is 0 Å². The Kier molecular flexibility index (Phi) is 38.8. The van der Waals surface area contributed by atoms with Crippen LogP contribution in [-0.2, 0) is 73.5 Å². The monoisotopic (exact) mass is 1320 g/mol. The number of nitrogens with one attached hydrogen (secondary N) is 7. The number of carbonyl (C=O) groups excluding carboxylic acids is 14. The summed E-state index contributed by atoms with van der Waals surface area (Å²) in [6.07, 6.45) is -2.55. The number of hydrogen-bond acceptors (Lipinski definition) is 22. The predicted molar refractivity (Wildman–Crippen MR) is 342 cm³/mol. The Balaban J connectivity index is 2.54. The van der Waals surface area contributed by atoms with Crippen LogP contribution in [0.5, 0.6) is 5.75 Å². The van der Waals surface area contributed by atoms with Crippen molar-refractivity contribution < 1.29 is 77.3 Å². The number of aromatic hydroxyl groups is 1. The van der Waals surface area contributed by atoms with Gasteiger partial charge < -0.3 is 76.1 Å². The van der Waals surface area contributed by atoms with Crippen LogP contribution >= 0.6 is 21.6 Å². The molecule has 0 aliphatic carbocycles. The van der Waals surface area contributed by atoms with E-state index in [0.717, 1.165) is 10.8 Å². The molecule has 30 heteroatoms. The van der Waals surface area contributed by atoms with Crippen LogP contribution < -0.4 is 65.9 Å². The molecule has 28 nitrogen and oxygen atoms in total. The van der Waals surface area contributed by atoms with Crippen molar-refractivity contribution in [2.75, 3.05) is 44.2 Å². The Hall–Kier alpha value is -6.70. The molecule has 1 fully saturated rings. The third-order valence-corrected chi connectivity index (χ3v) is 18.1. The third-order valence-electron chi connectivity index (χ3n) is 15.6. The fourth-order valence-corrected chi connectivity index (χ4v) is 12.3. The van der Waals surface area contributed by atoms with E-state index in [4.69, 9.17) is 28.7 Å². The van der Waals surface area contributed by atoms with Crippen LogP contribution in [0.2, 0.25) is 0 Å². The van der Waals surface area contributed by atoms with E-state index >= 15 is 0 Å². The summed E-state index contributed by atoms with van der Waals surface area (Å²) in [5.41, 5.74) is 29.7. The molecular weight excluding hydrogens is 1220 g/mol. The summed E-state index contributed by atoms with van der Waals surface area (Å²) in [5, 5.41) is 39.5. The van der Waals surface area contributed by atoms with Crippen LogP contribution in [0.25, 0.3) is 0 Å². The second kappa shape index (κ2) is 44.0. The number of Topliss-reactive ketones (excluding diaryl/α,β-unsaturated/α-hetero) is 6. The molecule has 11 atom stereocenters. The fraction of sp³-hybridized carbons (Fsp3) is 0.672. The lowest BCUT2D eigenvalue weighted by Gasteiger charge is -2.27. The molecule has 1 heterocycles. The second-order valence-corrected chi connectivity index (χ2v) is 26.0.